The molecule has 1 amide bonds. The molecule has 198 valence electrons. The second-order valence-corrected chi connectivity index (χ2v) is 11.4. The second-order valence-electron chi connectivity index (χ2n) is 9.65. The zero-order chi connectivity index (χ0) is 26.6. The fourth-order valence-electron chi connectivity index (χ4n) is 4.52. The summed E-state index contributed by atoms with van der Waals surface area (Å²) < 4.78 is 45.9. The summed E-state index contributed by atoms with van der Waals surface area (Å²) >= 11 is 0. The molecule has 3 N–H and O–H groups in total. The standard InChI is InChI=1S/C27H33FN4O4S/c1-30-20(13-25(29)19-7-4-3-5-8-19)16-32-12-6-9-21(17-32)36-26-15-24(28)23(14-22(26)18-10-11-18)27(33)31-37(2,34)35/h3-5,7-8,13-15,18,21H,6,9-12,16-17,29H2,1-2H3,(H,31,33)/t21-/m1/s1. The highest BCUT2D eigenvalue weighted by Crippen LogP contribution is 2.45. The van der Waals surface area contributed by atoms with Crippen LogP contribution in [0.4, 0.5) is 4.39 Å². The molecule has 2 fully saturated rings. The van der Waals surface area contributed by atoms with Gasteiger partial charge in [0.25, 0.3) is 5.91 Å². The van der Waals surface area contributed by atoms with E-state index in [0.717, 1.165) is 55.3 Å². The summed E-state index contributed by atoms with van der Waals surface area (Å²) in [6, 6.07) is 12.4. The molecule has 37 heavy (non-hydrogen) atoms. The molecule has 8 nitrogen and oxygen atoms in total. The van der Waals surface area contributed by atoms with Gasteiger partial charge >= 0.3 is 0 Å². The van der Waals surface area contributed by atoms with Crippen molar-refractivity contribution in [3.05, 3.63) is 71.0 Å². The summed E-state index contributed by atoms with van der Waals surface area (Å²) in [5, 5.41) is 0. The molecule has 0 bridgehead atoms. The number of halogens is 1. The summed E-state index contributed by atoms with van der Waals surface area (Å²) in [4.78, 5) is 19.0. The number of sulfonamides is 1. The first kappa shape index (κ1) is 26.8. The second kappa shape index (κ2) is 11.4. The number of rotatable bonds is 9. The Hall–Kier alpha value is -3.24. The van der Waals surface area contributed by atoms with Gasteiger partial charge in [-0.2, -0.15) is 0 Å². The lowest BCUT2D eigenvalue weighted by Gasteiger charge is -2.33. The molecule has 1 aliphatic carbocycles. The number of ether oxygens (including phenoxy) is 1. The van der Waals surface area contributed by atoms with Gasteiger partial charge in [0.15, 0.2) is 0 Å². The molecule has 4 rings (SSSR count). The van der Waals surface area contributed by atoms with E-state index in [1.807, 2.05) is 41.1 Å². The van der Waals surface area contributed by atoms with Crippen molar-refractivity contribution in [2.24, 2.45) is 10.7 Å². The van der Waals surface area contributed by atoms with Crippen LogP contribution in [0.25, 0.3) is 5.70 Å². The van der Waals surface area contributed by atoms with Crippen molar-refractivity contribution in [3.8, 4) is 5.75 Å². The molecule has 0 radical (unpaired) electrons. The van der Waals surface area contributed by atoms with E-state index in [4.69, 9.17) is 10.5 Å². The first-order valence-corrected chi connectivity index (χ1v) is 14.2. The predicted octanol–water partition coefficient (Wildman–Crippen LogP) is 3.31. The van der Waals surface area contributed by atoms with E-state index in [-0.39, 0.29) is 17.6 Å². The number of nitrogens with two attached hydrogens (primary N) is 1. The van der Waals surface area contributed by atoms with Crippen LogP contribution in [0.3, 0.4) is 0 Å². The number of aliphatic imine (C=N–C) groups is 1. The third kappa shape index (κ3) is 7.39. The fraction of sp³-hybridized carbons (Fsp3) is 0.407. The lowest BCUT2D eigenvalue weighted by atomic mass is 10.0. The normalized spacial score (nSPS) is 19.5. The molecule has 1 saturated carbocycles. The Balaban J connectivity index is 1.46. The van der Waals surface area contributed by atoms with Crippen molar-refractivity contribution in [3.63, 3.8) is 0 Å². The maximum absolute atomic E-state index is 14.9. The molecule has 0 spiro atoms. The predicted molar refractivity (Wildman–Crippen MR) is 143 cm³/mol. The Morgan fingerprint density at radius 1 is 1.24 bits per heavy atom. The molecular formula is C27H33FN4O4S. The van der Waals surface area contributed by atoms with Crippen molar-refractivity contribution in [2.45, 2.75) is 37.7 Å². The highest BCUT2D eigenvalue weighted by atomic mass is 32.2. The number of likely N-dealkylation sites (tertiary alicyclic amines) is 1. The van der Waals surface area contributed by atoms with Crippen LogP contribution in [0, 0.1) is 5.82 Å². The van der Waals surface area contributed by atoms with Gasteiger partial charge in [0.05, 0.1) is 17.5 Å². The molecule has 0 aromatic heterocycles. The van der Waals surface area contributed by atoms with Gasteiger partial charge < -0.3 is 10.5 Å². The summed E-state index contributed by atoms with van der Waals surface area (Å²) in [5.41, 5.74) is 9.17. The first-order valence-electron chi connectivity index (χ1n) is 12.4. The van der Waals surface area contributed by atoms with Crippen LogP contribution in [-0.4, -0.2) is 64.0 Å². The van der Waals surface area contributed by atoms with Gasteiger partial charge in [0.1, 0.15) is 17.7 Å². The Labute approximate surface area is 217 Å². The Kier molecular flexibility index (Phi) is 8.29. The fourth-order valence-corrected chi connectivity index (χ4v) is 4.97. The summed E-state index contributed by atoms with van der Waals surface area (Å²) in [6.07, 6.45) is 6.15. The Bertz CT molecular complexity index is 1310. The molecular weight excluding hydrogens is 495 g/mol. The Morgan fingerprint density at radius 2 is 1.97 bits per heavy atom. The van der Waals surface area contributed by atoms with Crippen molar-refractivity contribution < 1.29 is 22.3 Å². The third-order valence-corrected chi connectivity index (χ3v) is 7.05. The first-order chi connectivity index (χ1) is 17.6. The quantitative estimate of drug-likeness (QED) is 0.483. The smallest absolute Gasteiger partial charge is 0.267 e. The van der Waals surface area contributed by atoms with Gasteiger partial charge in [-0.15, -0.1) is 0 Å². The highest BCUT2D eigenvalue weighted by Gasteiger charge is 2.31. The van der Waals surface area contributed by atoms with Crippen molar-refractivity contribution in [2.75, 3.05) is 32.9 Å². The van der Waals surface area contributed by atoms with Crippen LogP contribution in [0.15, 0.2) is 53.5 Å². The SMILES string of the molecule is CN=C(C=C(N)c1ccccc1)CN1CCC[C@@H](Oc2cc(F)c(C(=O)NS(C)(=O)=O)cc2C2CC2)C1. The van der Waals surface area contributed by atoms with Gasteiger partial charge in [-0.25, -0.2) is 17.5 Å². The minimum atomic E-state index is -3.81. The molecule has 2 aromatic carbocycles. The number of nitrogens with one attached hydrogen (secondary N) is 1. The largest absolute Gasteiger partial charge is 0.489 e. The minimum absolute atomic E-state index is 0.157. The van der Waals surface area contributed by atoms with Gasteiger partial charge in [-0.3, -0.25) is 14.7 Å². The summed E-state index contributed by atoms with van der Waals surface area (Å²) in [5.74, 6) is -1.20. The van der Waals surface area contributed by atoms with Crippen LogP contribution < -0.4 is 15.2 Å². The molecule has 1 heterocycles. The van der Waals surface area contributed by atoms with Crippen molar-refractivity contribution in [1.29, 1.82) is 0 Å². The van der Waals surface area contributed by atoms with E-state index in [2.05, 4.69) is 9.89 Å². The average Bonchev–Trinajstić information content (AvgIpc) is 3.69. The lowest BCUT2D eigenvalue weighted by molar-refractivity contribution is 0.0962. The van der Waals surface area contributed by atoms with Crippen LogP contribution in [0.2, 0.25) is 0 Å². The zero-order valence-electron chi connectivity index (χ0n) is 21.1. The number of piperidine rings is 1. The maximum atomic E-state index is 14.9. The van der Waals surface area contributed by atoms with Crippen molar-refractivity contribution >= 4 is 27.3 Å². The lowest BCUT2D eigenvalue weighted by Crippen LogP contribution is -2.43. The number of carbonyl (C=O) groups excluding carboxylic acids is 1. The number of carbonyl (C=O) groups is 1. The van der Waals surface area contributed by atoms with Crippen LogP contribution in [0.5, 0.6) is 5.75 Å². The summed E-state index contributed by atoms with van der Waals surface area (Å²) in [6.45, 7) is 2.13. The van der Waals surface area contributed by atoms with E-state index >= 15 is 0 Å². The van der Waals surface area contributed by atoms with Gasteiger partial charge in [0, 0.05) is 31.9 Å². The van der Waals surface area contributed by atoms with Gasteiger partial charge in [0.2, 0.25) is 10.0 Å². The monoisotopic (exact) mass is 528 g/mol. The Morgan fingerprint density at radius 3 is 2.62 bits per heavy atom. The van der Waals surface area contributed by atoms with E-state index in [0.29, 0.717) is 24.5 Å². The van der Waals surface area contributed by atoms with E-state index in [1.165, 1.54) is 12.1 Å². The molecule has 0 unspecified atom stereocenters. The number of hydrogen-bond acceptors (Lipinski definition) is 7. The summed E-state index contributed by atoms with van der Waals surface area (Å²) in [7, 11) is -2.06. The molecule has 2 aromatic rings. The molecule has 1 aliphatic heterocycles. The maximum Gasteiger partial charge on any atom is 0.267 e. The molecule has 2 aliphatic rings. The topological polar surface area (TPSA) is 114 Å². The van der Waals surface area contributed by atoms with E-state index < -0.39 is 21.7 Å². The molecule has 1 saturated heterocycles. The number of amides is 1. The molecule has 10 heteroatoms. The van der Waals surface area contributed by atoms with Gasteiger partial charge in [-0.05, 0) is 61.4 Å². The number of hydrogen-bond donors (Lipinski definition) is 2. The number of nitrogens with zero attached hydrogens (tertiary/aromatic N) is 2. The zero-order valence-corrected chi connectivity index (χ0v) is 21.9. The minimum Gasteiger partial charge on any atom is -0.489 e. The average molecular weight is 529 g/mol. The van der Waals surface area contributed by atoms with Crippen LogP contribution >= 0.6 is 0 Å². The number of benzene rings is 2. The van der Waals surface area contributed by atoms with Crippen LogP contribution in [-0.2, 0) is 10.0 Å². The molecule has 1 atom stereocenters. The van der Waals surface area contributed by atoms with Crippen molar-refractivity contribution in [1.82, 2.24) is 9.62 Å². The van der Waals surface area contributed by atoms with Gasteiger partial charge in [-0.1, -0.05) is 30.3 Å². The highest BCUT2D eigenvalue weighted by molar-refractivity contribution is 7.89. The van der Waals surface area contributed by atoms with Crippen LogP contribution in [0.1, 0.15) is 53.1 Å². The van der Waals surface area contributed by atoms with E-state index in [9.17, 15) is 17.6 Å². The third-order valence-electron chi connectivity index (χ3n) is 6.50. The van der Waals surface area contributed by atoms with E-state index in [1.54, 1.807) is 7.05 Å².